The highest BCUT2D eigenvalue weighted by Crippen LogP contribution is 2.30. The Labute approximate surface area is 115 Å². The van der Waals surface area contributed by atoms with Crippen molar-refractivity contribution in [3.8, 4) is 0 Å². The van der Waals surface area contributed by atoms with Gasteiger partial charge in [0.15, 0.2) is 11.4 Å². The fraction of sp³-hybridized carbons (Fsp3) is 0.200. The summed E-state index contributed by atoms with van der Waals surface area (Å²) in [6.45, 7) is 0. The van der Waals surface area contributed by atoms with Gasteiger partial charge in [0.2, 0.25) is 0 Å². The van der Waals surface area contributed by atoms with Crippen LogP contribution in [0.3, 0.4) is 0 Å². The van der Waals surface area contributed by atoms with E-state index in [9.17, 15) is 14.7 Å². The van der Waals surface area contributed by atoms with E-state index in [1.165, 1.54) is 19.3 Å². The van der Waals surface area contributed by atoms with Crippen molar-refractivity contribution in [2.75, 3.05) is 7.11 Å². The van der Waals surface area contributed by atoms with Crippen molar-refractivity contribution in [2.45, 2.75) is 12.0 Å². The lowest BCUT2D eigenvalue weighted by atomic mass is 9.87. The first-order valence-corrected chi connectivity index (χ1v) is 6.00. The number of aliphatic carboxylic acids is 1. The van der Waals surface area contributed by atoms with E-state index < -0.39 is 11.6 Å². The molecular formula is C15H14O5. The molecule has 5 nitrogen and oxygen atoms in total. The van der Waals surface area contributed by atoms with Crippen LogP contribution in [0.1, 0.15) is 16.8 Å². The molecule has 104 valence electrons. The van der Waals surface area contributed by atoms with E-state index in [1.807, 2.05) is 0 Å². The number of hydrogen-bond acceptors (Lipinski definition) is 4. The molecule has 0 bridgehead atoms. The predicted octanol–water partition coefficient (Wildman–Crippen LogP) is 2.11. The monoisotopic (exact) mass is 274 g/mol. The van der Waals surface area contributed by atoms with Gasteiger partial charge in [-0.05, 0) is 12.2 Å². The minimum atomic E-state index is -1.62. The van der Waals surface area contributed by atoms with E-state index in [1.54, 1.807) is 30.3 Å². The number of carbonyl (C=O) groups excluding carboxylic acids is 1. The number of benzene rings is 1. The first-order chi connectivity index (χ1) is 9.50. The third kappa shape index (κ3) is 2.35. The van der Waals surface area contributed by atoms with Crippen LogP contribution in [0, 0.1) is 0 Å². The molecule has 1 atom stereocenters. The fourth-order valence-electron chi connectivity index (χ4n) is 2.04. The van der Waals surface area contributed by atoms with Crippen molar-refractivity contribution in [2.24, 2.45) is 0 Å². The van der Waals surface area contributed by atoms with Crippen LogP contribution in [0.2, 0.25) is 0 Å². The number of carboxylic acid groups (broad SMARTS) is 1. The lowest BCUT2D eigenvalue weighted by Crippen LogP contribution is -2.41. The van der Waals surface area contributed by atoms with Crippen LogP contribution in [0.25, 0.3) is 0 Å². The van der Waals surface area contributed by atoms with Crippen LogP contribution in [0.4, 0.5) is 0 Å². The summed E-state index contributed by atoms with van der Waals surface area (Å²) >= 11 is 0. The molecule has 20 heavy (non-hydrogen) atoms. The van der Waals surface area contributed by atoms with Gasteiger partial charge in [-0.1, -0.05) is 30.3 Å². The maximum atomic E-state index is 12.2. The van der Waals surface area contributed by atoms with Crippen molar-refractivity contribution >= 4 is 11.8 Å². The van der Waals surface area contributed by atoms with Gasteiger partial charge >= 0.3 is 5.97 Å². The number of rotatable bonds is 4. The van der Waals surface area contributed by atoms with E-state index in [2.05, 4.69) is 0 Å². The number of Topliss-reactive ketones (excluding diaryl/α,β-unsaturated/α-hetero) is 1. The summed E-state index contributed by atoms with van der Waals surface area (Å²) in [6, 6.07) is 8.47. The van der Waals surface area contributed by atoms with Crippen molar-refractivity contribution in [1.29, 1.82) is 0 Å². The summed E-state index contributed by atoms with van der Waals surface area (Å²) in [7, 11) is 1.25. The zero-order valence-electron chi connectivity index (χ0n) is 10.9. The minimum absolute atomic E-state index is 0.0881. The van der Waals surface area contributed by atoms with Gasteiger partial charge in [-0.15, -0.1) is 0 Å². The predicted molar refractivity (Wildman–Crippen MR) is 71.6 cm³/mol. The second kappa shape index (κ2) is 5.30. The number of methoxy groups -OCH3 is 1. The second-order valence-electron chi connectivity index (χ2n) is 4.46. The highest BCUT2D eigenvalue weighted by atomic mass is 16.5. The second-order valence-corrected chi connectivity index (χ2v) is 4.46. The van der Waals surface area contributed by atoms with Gasteiger partial charge in [-0.25, -0.2) is 4.79 Å². The molecule has 1 aromatic carbocycles. The first kappa shape index (κ1) is 14.0. The van der Waals surface area contributed by atoms with Gasteiger partial charge in [0.1, 0.15) is 5.76 Å². The van der Waals surface area contributed by atoms with Crippen LogP contribution in [-0.4, -0.2) is 34.7 Å². The molecule has 2 N–H and O–H groups in total. The summed E-state index contributed by atoms with van der Waals surface area (Å²) in [5, 5.41) is 19.1. The molecule has 0 saturated carbocycles. The number of ketones is 1. The van der Waals surface area contributed by atoms with E-state index in [4.69, 9.17) is 9.84 Å². The smallest absolute Gasteiger partial charge is 0.340 e. The Morgan fingerprint density at radius 2 is 1.90 bits per heavy atom. The van der Waals surface area contributed by atoms with Crippen molar-refractivity contribution < 1.29 is 24.5 Å². The maximum Gasteiger partial charge on any atom is 0.340 e. The zero-order valence-corrected chi connectivity index (χ0v) is 10.9. The molecule has 1 unspecified atom stereocenters. The van der Waals surface area contributed by atoms with Gasteiger partial charge in [0, 0.05) is 19.1 Å². The van der Waals surface area contributed by atoms with Gasteiger partial charge in [0.25, 0.3) is 0 Å². The summed E-state index contributed by atoms with van der Waals surface area (Å²) in [6.07, 6.45) is 2.31. The van der Waals surface area contributed by atoms with Crippen LogP contribution in [-0.2, 0) is 9.53 Å². The summed E-state index contributed by atoms with van der Waals surface area (Å²) in [5.74, 6) is -1.85. The number of carbonyl (C=O) groups is 2. The minimum Gasteiger partial charge on any atom is -0.511 e. The van der Waals surface area contributed by atoms with Gasteiger partial charge in [0.05, 0.1) is 5.57 Å². The number of carboxylic acids is 1. The number of ether oxygens (including phenoxy) is 1. The quantitative estimate of drug-likeness (QED) is 0.821. The number of aliphatic hydroxyl groups excluding tert-OH is 1. The molecule has 0 aromatic heterocycles. The zero-order chi connectivity index (χ0) is 14.8. The molecule has 0 fully saturated rings. The van der Waals surface area contributed by atoms with E-state index in [0.717, 1.165) is 0 Å². The van der Waals surface area contributed by atoms with Gasteiger partial charge in [-0.3, -0.25) is 4.79 Å². The first-order valence-electron chi connectivity index (χ1n) is 6.00. The Morgan fingerprint density at radius 1 is 1.25 bits per heavy atom. The van der Waals surface area contributed by atoms with Crippen molar-refractivity contribution in [3.05, 3.63) is 59.4 Å². The average Bonchev–Trinajstić information content (AvgIpc) is 2.47. The molecule has 0 radical (unpaired) electrons. The lowest BCUT2D eigenvalue weighted by Gasteiger charge is -2.27. The molecular weight excluding hydrogens is 260 g/mol. The van der Waals surface area contributed by atoms with Crippen LogP contribution >= 0.6 is 0 Å². The van der Waals surface area contributed by atoms with E-state index >= 15 is 0 Å². The highest BCUT2D eigenvalue weighted by Gasteiger charge is 2.40. The Morgan fingerprint density at radius 3 is 2.40 bits per heavy atom. The largest absolute Gasteiger partial charge is 0.511 e. The van der Waals surface area contributed by atoms with E-state index in [-0.39, 0.29) is 23.5 Å². The Hall–Kier alpha value is -2.40. The molecule has 0 saturated heterocycles. The van der Waals surface area contributed by atoms with Crippen molar-refractivity contribution in [3.63, 3.8) is 0 Å². The fourth-order valence-corrected chi connectivity index (χ4v) is 2.04. The topological polar surface area (TPSA) is 83.8 Å². The van der Waals surface area contributed by atoms with Crippen molar-refractivity contribution in [1.82, 2.24) is 0 Å². The normalized spacial score (nSPS) is 21.9. The summed E-state index contributed by atoms with van der Waals surface area (Å²) < 4.78 is 4.95. The third-order valence-electron chi connectivity index (χ3n) is 3.27. The lowest BCUT2D eigenvalue weighted by molar-refractivity contribution is -0.157. The standard InChI is InChI=1S/C15H14O5/c1-20-15(14(18)19)8-7-11(12(16)9-15)13(17)10-5-3-2-4-6-10/h2-8,16H,9H2,1H3,(H,18,19). The number of hydrogen-bond donors (Lipinski definition) is 2. The van der Waals surface area contributed by atoms with E-state index in [0.29, 0.717) is 5.56 Å². The Bertz CT molecular complexity index is 600. The molecule has 5 heteroatoms. The molecule has 1 aliphatic carbocycles. The van der Waals surface area contributed by atoms with Gasteiger partial charge < -0.3 is 14.9 Å². The summed E-state index contributed by atoms with van der Waals surface area (Å²) in [5.41, 5.74) is -1.10. The number of aliphatic hydroxyl groups is 1. The molecule has 0 heterocycles. The summed E-state index contributed by atoms with van der Waals surface area (Å²) in [4.78, 5) is 23.4. The molecule has 0 spiro atoms. The van der Waals surface area contributed by atoms with Gasteiger partial charge in [-0.2, -0.15) is 0 Å². The third-order valence-corrected chi connectivity index (χ3v) is 3.27. The van der Waals surface area contributed by atoms with Crippen LogP contribution in [0.5, 0.6) is 0 Å². The van der Waals surface area contributed by atoms with Crippen LogP contribution < -0.4 is 0 Å². The molecule has 1 aromatic rings. The van der Waals surface area contributed by atoms with Crippen LogP contribution in [0.15, 0.2) is 53.8 Å². The number of allylic oxidation sites excluding steroid dienone is 2. The SMILES string of the molecule is COC1(C(=O)O)C=CC(C(=O)c2ccccc2)=C(O)C1. The maximum absolute atomic E-state index is 12.2. The molecule has 0 amide bonds. The highest BCUT2D eigenvalue weighted by molar-refractivity contribution is 6.11. The molecule has 2 rings (SSSR count). The average molecular weight is 274 g/mol. The Kier molecular flexibility index (Phi) is 3.72. The Balaban J connectivity index is 2.33. The molecule has 1 aliphatic rings. The molecule has 0 aliphatic heterocycles.